The Morgan fingerprint density at radius 1 is 0.821 bits per heavy atom. The Hall–Kier alpha value is -4.57. The lowest BCUT2D eigenvalue weighted by Gasteiger charge is -2.15. The van der Waals surface area contributed by atoms with Crippen molar-refractivity contribution in [1.29, 1.82) is 0 Å². The van der Waals surface area contributed by atoms with E-state index in [0.717, 1.165) is 0 Å². The summed E-state index contributed by atoms with van der Waals surface area (Å²) in [5.74, 6) is 0.0291. The van der Waals surface area contributed by atoms with Crippen molar-refractivity contribution in [2.24, 2.45) is 0 Å². The van der Waals surface area contributed by atoms with Crippen LogP contribution >= 0.6 is 0 Å². The minimum absolute atomic E-state index is 0.121. The maximum Gasteiger partial charge on any atom is 0.265 e. The SMILES string of the molecule is COc1cccc(C(=O)NCCNc2cccc(NS(=O)(=O)c3cc(-c4ccccc4F)ccc3OC)c2)c1. The van der Waals surface area contributed by atoms with Crippen LogP contribution in [-0.4, -0.2) is 41.6 Å². The first kappa shape index (κ1) is 27.5. The highest BCUT2D eigenvalue weighted by atomic mass is 32.2. The van der Waals surface area contributed by atoms with E-state index < -0.39 is 15.8 Å². The lowest BCUT2D eigenvalue weighted by Crippen LogP contribution is -2.28. The van der Waals surface area contributed by atoms with Crippen molar-refractivity contribution in [3.05, 3.63) is 102 Å². The third-order valence-corrected chi connectivity index (χ3v) is 7.23. The number of nitrogens with one attached hydrogen (secondary N) is 3. The highest BCUT2D eigenvalue weighted by molar-refractivity contribution is 7.92. The van der Waals surface area contributed by atoms with Crippen LogP contribution in [0.15, 0.2) is 95.9 Å². The summed E-state index contributed by atoms with van der Waals surface area (Å²) >= 11 is 0. The van der Waals surface area contributed by atoms with Gasteiger partial charge in [0.15, 0.2) is 0 Å². The molecule has 0 aliphatic rings. The number of methoxy groups -OCH3 is 2. The van der Waals surface area contributed by atoms with Gasteiger partial charge < -0.3 is 20.1 Å². The zero-order valence-electron chi connectivity index (χ0n) is 21.4. The van der Waals surface area contributed by atoms with Crippen molar-refractivity contribution >= 4 is 27.3 Å². The van der Waals surface area contributed by atoms with Crippen LogP contribution in [0.1, 0.15) is 10.4 Å². The van der Waals surface area contributed by atoms with Gasteiger partial charge in [-0.1, -0.05) is 36.4 Å². The normalized spacial score (nSPS) is 10.9. The first-order valence-corrected chi connectivity index (χ1v) is 13.5. The van der Waals surface area contributed by atoms with Crippen LogP contribution in [0.25, 0.3) is 11.1 Å². The highest BCUT2D eigenvalue weighted by Gasteiger charge is 2.21. The van der Waals surface area contributed by atoms with Gasteiger partial charge in [-0.25, -0.2) is 12.8 Å². The summed E-state index contributed by atoms with van der Waals surface area (Å²) in [5.41, 5.74) is 2.14. The molecule has 0 spiro atoms. The maximum absolute atomic E-state index is 14.3. The lowest BCUT2D eigenvalue weighted by molar-refractivity contribution is 0.0955. The van der Waals surface area contributed by atoms with Crippen LogP contribution in [0.2, 0.25) is 0 Å². The quantitative estimate of drug-likeness (QED) is 0.224. The van der Waals surface area contributed by atoms with E-state index in [1.165, 1.54) is 32.4 Å². The van der Waals surface area contributed by atoms with E-state index in [-0.39, 0.29) is 22.1 Å². The summed E-state index contributed by atoms with van der Waals surface area (Å²) in [4.78, 5) is 12.2. The fraction of sp³-hybridized carbons (Fsp3) is 0.138. The summed E-state index contributed by atoms with van der Waals surface area (Å²) < 4.78 is 53.9. The van der Waals surface area contributed by atoms with Crippen molar-refractivity contribution < 1.29 is 27.1 Å². The Morgan fingerprint density at radius 2 is 1.59 bits per heavy atom. The molecule has 0 heterocycles. The third kappa shape index (κ3) is 6.85. The Kier molecular flexibility index (Phi) is 8.67. The van der Waals surface area contributed by atoms with Gasteiger partial charge >= 0.3 is 0 Å². The number of carbonyl (C=O) groups excluding carboxylic acids is 1. The van der Waals surface area contributed by atoms with E-state index in [0.29, 0.717) is 41.3 Å². The summed E-state index contributed by atoms with van der Waals surface area (Å²) in [7, 11) is -1.18. The molecule has 4 aromatic rings. The molecule has 0 unspecified atom stereocenters. The molecule has 0 aromatic heterocycles. The fourth-order valence-electron chi connectivity index (χ4n) is 3.90. The van der Waals surface area contributed by atoms with Gasteiger partial charge in [-0.15, -0.1) is 0 Å². The van der Waals surface area contributed by atoms with Gasteiger partial charge in [-0.3, -0.25) is 9.52 Å². The second kappa shape index (κ2) is 12.3. The topological polar surface area (TPSA) is 106 Å². The van der Waals surface area contributed by atoms with E-state index in [1.807, 2.05) is 0 Å². The number of halogens is 1. The molecule has 0 fully saturated rings. The van der Waals surface area contributed by atoms with Gasteiger partial charge in [0.2, 0.25) is 0 Å². The monoisotopic (exact) mass is 549 g/mol. The molecular formula is C29H28FN3O5S. The first-order chi connectivity index (χ1) is 18.8. The molecule has 0 saturated carbocycles. The smallest absolute Gasteiger partial charge is 0.265 e. The number of rotatable bonds is 11. The van der Waals surface area contributed by atoms with Crippen LogP contribution in [-0.2, 0) is 10.0 Å². The van der Waals surface area contributed by atoms with E-state index in [2.05, 4.69) is 15.4 Å². The predicted molar refractivity (Wildman–Crippen MR) is 149 cm³/mol. The minimum atomic E-state index is -4.08. The summed E-state index contributed by atoms with van der Waals surface area (Å²) in [5, 5.41) is 5.98. The maximum atomic E-state index is 14.3. The summed E-state index contributed by atoms with van der Waals surface area (Å²) in [6.07, 6.45) is 0. The number of benzene rings is 4. The number of hydrogen-bond acceptors (Lipinski definition) is 6. The van der Waals surface area contributed by atoms with Crippen LogP contribution < -0.4 is 24.8 Å². The molecule has 3 N–H and O–H groups in total. The molecular weight excluding hydrogens is 521 g/mol. The molecule has 202 valence electrons. The minimum Gasteiger partial charge on any atom is -0.497 e. The summed E-state index contributed by atoms with van der Waals surface area (Å²) in [6, 6.07) is 24.2. The number of sulfonamides is 1. The van der Waals surface area contributed by atoms with Crippen LogP contribution in [0.4, 0.5) is 15.8 Å². The van der Waals surface area contributed by atoms with Crippen LogP contribution in [0, 0.1) is 5.82 Å². The number of amides is 1. The Labute approximate surface area is 226 Å². The molecule has 8 nitrogen and oxygen atoms in total. The second-order valence-corrected chi connectivity index (χ2v) is 10.1. The van der Waals surface area contributed by atoms with Gasteiger partial charge in [0, 0.05) is 29.9 Å². The van der Waals surface area contributed by atoms with E-state index >= 15 is 0 Å². The van der Waals surface area contributed by atoms with Gasteiger partial charge in [0.05, 0.1) is 19.9 Å². The van der Waals surface area contributed by atoms with Crippen LogP contribution in [0.5, 0.6) is 11.5 Å². The van der Waals surface area contributed by atoms with Crippen molar-refractivity contribution in [2.45, 2.75) is 4.90 Å². The average Bonchev–Trinajstić information content (AvgIpc) is 2.95. The van der Waals surface area contributed by atoms with Gasteiger partial charge in [0.1, 0.15) is 22.2 Å². The molecule has 0 bridgehead atoms. The number of carbonyl (C=O) groups is 1. The highest BCUT2D eigenvalue weighted by Crippen LogP contribution is 2.32. The van der Waals surface area contributed by atoms with E-state index in [1.54, 1.807) is 72.8 Å². The van der Waals surface area contributed by atoms with Crippen molar-refractivity contribution in [1.82, 2.24) is 5.32 Å². The molecule has 0 radical (unpaired) electrons. The van der Waals surface area contributed by atoms with Gasteiger partial charge in [0.25, 0.3) is 15.9 Å². The lowest BCUT2D eigenvalue weighted by atomic mass is 10.1. The molecule has 4 aromatic carbocycles. The molecule has 39 heavy (non-hydrogen) atoms. The second-order valence-electron chi connectivity index (χ2n) is 8.45. The molecule has 0 atom stereocenters. The first-order valence-electron chi connectivity index (χ1n) is 12.0. The number of anilines is 2. The van der Waals surface area contributed by atoms with Gasteiger partial charge in [-0.05, 0) is 60.2 Å². The number of hydrogen-bond donors (Lipinski definition) is 3. The zero-order chi connectivity index (χ0) is 27.8. The molecule has 0 aliphatic carbocycles. The van der Waals surface area contributed by atoms with Crippen molar-refractivity contribution in [2.75, 3.05) is 37.3 Å². The molecule has 0 aliphatic heterocycles. The van der Waals surface area contributed by atoms with Crippen LogP contribution in [0.3, 0.4) is 0 Å². The predicted octanol–water partition coefficient (Wildman–Crippen LogP) is 5.15. The number of ether oxygens (including phenoxy) is 2. The molecule has 10 heteroatoms. The van der Waals surface area contributed by atoms with Crippen molar-refractivity contribution in [3.8, 4) is 22.6 Å². The fourth-order valence-corrected chi connectivity index (χ4v) is 5.15. The Morgan fingerprint density at radius 3 is 2.36 bits per heavy atom. The van der Waals surface area contributed by atoms with E-state index in [4.69, 9.17) is 9.47 Å². The largest absolute Gasteiger partial charge is 0.497 e. The zero-order valence-corrected chi connectivity index (χ0v) is 22.2. The Bertz CT molecular complexity index is 1580. The summed E-state index contributed by atoms with van der Waals surface area (Å²) in [6.45, 7) is 0.746. The Balaban J connectivity index is 1.42. The standard InChI is InChI=1S/C29H28FN3O5S/c1-37-24-10-5-7-21(17-24)29(34)32-16-15-31-22-8-6-9-23(19-22)33-39(35,36)28-18-20(13-14-27(28)38-2)25-11-3-4-12-26(25)30/h3-14,17-19,31,33H,15-16H2,1-2H3,(H,32,34). The molecule has 0 saturated heterocycles. The molecule has 4 rings (SSSR count). The van der Waals surface area contributed by atoms with Crippen molar-refractivity contribution in [3.63, 3.8) is 0 Å². The molecule has 1 amide bonds. The van der Waals surface area contributed by atoms with E-state index in [9.17, 15) is 17.6 Å². The third-order valence-electron chi connectivity index (χ3n) is 5.82. The van der Waals surface area contributed by atoms with Gasteiger partial charge in [-0.2, -0.15) is 0 Å². The average molecular weight is 550 g/mol.